The third-order valence-electron chi connectivity index (χ3n) is 2.29. The second kappa shape index (κ2) is 5.25. The molecule has 2 rings (SSSR count). The van der Waals surface area contributed by atoms with Crippen LogP contribution in [0.2, 0.25) is 10.3 Å². The van der Waals surface area contributed by atoms with Gasteiger partial charge in [0.2, 0.25) is 0 Å². The number of rotatable bonds is 2. The number of nitrogens with zero attached hydrogens (tertiary/aromatic N) is 1. The number of hydrogen-bond acceptors (Lipinski definition) is 3. The van der Waals surface area contributed by atoms with E-state index in [4.69, 9.17) is 23.2 Å². The summed E-state index contributed by atoms with van der Waals surface area (Å²) in [6.45, 7) is 0. The maximum absolute atomic E-state index is 11.8. The molecule has 86 valence electrons. The Hall–Kier alpha value is -0.450. The van der Waals surface area contributed by atoms with Gasteiger partial charge in [0.25, 0.3) is 5.91 Å². The first kappa shape index (κ1) is 12.0. The topological polar surface area (TPSA) is 42.0 Å². The van der Waals surface area contributed by atoms with Gasteiger partial charge in [-0.05, 0) is 24.3 Å². The largest absolute Gasteiger partial charge is 0.348 e. The van der Waals surface area contributed by atoms with Crippen molar-refractivity contribution in [3.8, 4) is 0 Å². The van der Waals surface area contributed by atoms with E-state index >= 15 is 0 Å². The van der Waals surface area contributed by atoms with Gasteiger partial charge in [-0.1, -0.05) is 23.2 Å². The standard InChI is InChI=1S/C10H10Cl2N2OS/c11-8-3-6(4-9(12)14-8)10(15)13-7-1-2-16-5-7/h3-4,7H,1-2,5H2,(H,13,15). The highest BCUT2D eigenvalue weighted by atomic mass is 35.5. The van der Waals surface area contributed by atoms with Gasteiger partial charge in [-0.2, -0.15) is 11.8 Å². The van der Waals surface area contributed by atoms with Gasteiger partial charge in [0.1, 0.15) is 10.3 Å². The number of pyridine rings is 1. The fraction of sp³-hybridized carbons (Fsp3) is 0.400. The number of halogens is 2. The predicted molar refractivity (Wildman–Crippen MR) is 67.5 cm³/mol. The Kier molecular flexibility index (Phi) is 3.95. The lowest BCUT2D eigenvalue weighted by atomic mass is 10.2. The summed E-state index contributed by atoms with van der Waals surface area (Å²) in [7, 11) is 0. The molecule has 0 saturated carbocycles. The minimum Gasteiger partial charge on any atom is -0.348 e. The van der Waals surface area contributed by atoms with Crippen LogP contribution in [0.15, 0.2) is 12.1 Å². The third-order valence-corrected chi connectivity index (χ3v) is 3.84. The Morgan fingerprint density at radius 2 is 2.12 bits per heavy atom. The van der Waals surface area contributed by atoms with Gasteiger partial charge in [0.15, 0.2) is 0 Å². The lowest BCUT2D eigenvalue weighted by Crippen LogP contribution is -2.34. The molecule has 1 saturated heterocycles. The molecule has 1 aliphatic rings. The molecule has 1 unspecified atom stereocenters. The Morgan fingerprint density at radius 1 is 1.44 bits per heavy atom. The first-order valence-electron chi connectivity index (χ1n) is 4.87. The van der Waals surface area contributed by atoms with Gasteiger partial charge >= 0.3 is 0 Å². The van der Waals surface area contributed by atoms with Crippen LogP contribution in [0.1, 0.15) is 16.8 Å². The van der Waals surface area contributed by atoms with E-state index in [0.717, 1.165) is 17.9 Å². The van der Waals surface area contributed by atoms with E-state index in [-0.39, 0.29) is 22.3 Å². The van der Waals surface area contributed by atoms with E-state index < -0.39 is 0 Å². The van der Waals surface area contributed by atoms with Crippen LogP contribution in [0.5, 0.6) is 0 Å². The Morgan fingerprint density at radius 3 is 2.69 bits per heavy atom. The molecular weight excluding hydrogens is 267 g/mol. The van der Waals surface area contributed by atoms with Crippen molar-refractivity contribution in [2.45, 2.75) is 12.5 Å². The van der Waals surface area contributed by atoms with Crippen LogP contribution in [-0.4, -0.2) is 28.4 Å². The van der Waals surface area contributed by atoms with Crippen LogP contribution in [0, 0.1) is 0 Å². The number of carbonyl (C=O) groups excluding carboxylic acids is 1. The molecule has 1 aliphatic heterocycles. The van der Waals surface area contributed by atoms with Crippen molar-refractivity contribution in [3.63, 3.8) is 0 Å². The molecule has 16 heavy (non-hydrogen) atoms. The van der Waals surface area contributed by atoms with Crippen LogP contribution in [0.4, 0.5) is 0 Å². The second-order valence-electron chi connectivity index (χ2n) is 3.54. The molecule has 1 atom stereocenters. The molecular formula is C10H10Cl2N2OS. The molecule has 1 fully saturated rings. The molecule has 3 nitrogen and oxygen atoms in total. The molecule has 1 aromatic rings. The SMILES string of the molecule is O=C(NC1CCSC1)c1cc(Cl)nc(Cl)c1. The molecule has 1 amide bonds. The number of hydrogen-bond donors (Lipinski definition) is 1. The summed E-state index contributed by atoms with van der Waals surface area (Å²) in [6.07, 6.45) is 1.02. The van der Waals surface area contributed by atoms with Gasteiger partial charge in [-0.3, -0.25) is 4.79 Å². The molecule has 1 N–H and O–H groups in total. The van der Waals surface area contributed by atoms with Crippen molar-refractivity contribution in [3.05, 3.63) is 28.0 Å². The highest BCUT2D eigenvalue weighted by Crippen LogP contribution is 2.19. The van der Waals surface area contributed by atoms with Crippen molar-refractivity contribution < 1.29 is 4.79 Å². The molecule has 1 aromatic heterocycles. The van der Waals surface area contributed by atoms with Crippen molar-refractivity contribution in [1.29, 1.82) is 0 Å². The molecule has 0 aromatic carbocycles. The number of nitrogens with one attached hydrogen (secondary N) is 1. The lowest BCUT2D eigenvalue weighted by Gasteiger charge is -2.11. The minimum absolute atomic E-state index is 0.140. The summed E-state index contributed by atoms with van der Waals surface area (Å²) >= 11 is 13.3. The maximum atomic E-state index is 11.8. The summed E-state index contributed by atoms with van der Waals surface area (Å²) < 4.78 is 0. The normalized spacial score (nSPS) is 19.8. The van der Waals surface area contributed by atoms with Gasteiger partial charge in [-0.15, -0.1) is 0 Å². The van der Waals surface area contributed by atoms with E-state index in [1.807, 2.05) is 11.8 Å². The Balaban J connectivity index is 2.07. The van der Waals surface area contributed by atoms with E-state index in [9.17, 15) is 4.79 Å². The van der Waals surface area contributed by atoms with E-state index in [1.54, 1.807) is 0 Å². The first-order valence-corrected chi connectivity index (χ1v) is 6.78. The van der Waals surface area contributed by atoms with Crippen molar-refractivity contribution >= 4 is 40.9 Å². The zero-order chi connectivity index (χ0) is 11.5. The van der Waals surface area contributed by atoms with Crippen molar-refractivity contribution in [2.24, 2.45) is 0 Å². The quantitative estimate of drug-likeness (QED) is 0.845. The Labute approximate surface area is 108 Å². The number of amides is 1. The monoisotopic (exact) mass is 276 g/mol. The highest BCUT2D eigenvalue weighted by molar-refractivity contribution is 7.99. The number of carbonyl (C=O) groups is 1. The minimum atomic E-state index is -0.140. The summed E-state index contributed by atoms with van der Waals surface area (Å²) in [6, 6.07) is 3.29. The average molecular weight is 277 g/mol. The number of aromatic nitrogens is 1. The fourth-order valence-electron chi connectivity index (χ4n) is 1.51. The zero-order valence-corrected chi connectivity index (χ0v) is 10.7. The van der Waals surface area contributed by atoms with E-state index in [2.05, 4.69) is 10.3 Å². The highest BCUT2D eigenvalue weighted by Gasteiger charge is 2.18. The fourth-order valence-corrected chi connectivity index (χ4v) is 3.13. The van der Waals surface area contributed by atoms with Gasteiger partial charge in [0.05, 0.1) is 0 Å². The molecule has 0 aliphatic carbocycles. The van der Waals surface area contributed by atoms with E-state index in [1.165, 1.54) is 12.1 Å². The van der Waals surface area contributed by atoms with Crippen molar-refractivity contribution in [2.75, 3.05) is 11.5 Å². The van der Waals surface area contributed by atoms with Crippen LogP contribution < -0.4 is 5.32 Å². The van der Waals surface area contributed by atoms with E-state index in [0.29, 0.717) is 5.56 Å². The lowest BCUT2D eigenvalue weighted by molar-refractivity contribution is 0.0941. The third kappa shape index (κ3) is 3.03. The molecule has 0 bridgehead atoms. The average Bonchev–Trinajstić information content (AvgIpc) is 2.68. The predicted octanol–water partition coefficient (Wildman–Crippen LogP) is 2.62. The summed E-state index contributed by atoms with van der Waals surface area (Å²) in [5, 5.41) is 3.41. The maximum Gasteiger partial charge on any atom is 0.251 e. The smallest absolute Gasteiger partial charge is 0.251 e. The van der Waals surface area contributed by atoms with Gasteiger partial charge < -0.3 is 5.32 Å². The zero-order valence-electron chi connectivity index (χ0n) is 8.37. The summed E-state index contributed by atoms with van der Waals surface area (Å²) in [5.41, 5.74) is 0.460. The van der Waals surface area contributed by atoms with Gasteiger partial charge in [0, 0.05) is 17.4 Å². The molecule has 6 heteroatoms. The molecule has 0 radical (unpaired) electrons. The van der Waals surface area contributed by atoms with Crippen LogP contribution in [0.25, 0.3) is 0 Å². The van der Waals surface area contributed by atoms with Crippen LogP contribution in [-0.2, 0) is 0 Å². The number of thioether (sulfide) groups is 1. The Bertz CT molecular complexity index is 388. The molecule has 0 spiro atoms. The molecule has 2 heterocycles. The second-order valence-corrected chi connectivity index (χ2v) is 5.46. The van der Waals surface area contributed by atoms with Crippen molar-refractivity contribution in [1.82, 2.24) is 10.3 Å². The van der Waals surface area contributed by atoms with Gasteiger partial charge in [-0.25, -0.2) is 4.98 Å². The summed E-state index contributed by atoms with van der Waals surface area (Å²) in [5.74, 6) is 1.93. The summed E-state index contributed by atoms with van der Waals surface area (Å²) in [4.78, 5) is 15.6. The van der Waals surface area contributed by atoms with Crippen LogP contribution >= 0.6 is 35.0 Å². The first-order chi connectivity index (χ1) is 7.65. The van der Waals surface area contributed by atoms with Crippen LogP contribution in [0.3, 0.4) is 0 Å².